The molecule has 1 aromatic rings. The van der Waals surface area contributed by atoms with Gasteiger partial charge >= 0.3 is 0 Å². The fourth-order valence-corrected chi connectivity index (χ4v) is 2.05. The minimum Gasteiger partial charge on any atom is -0.476 e. The van der Waals surface area contributed by atoms with E-state index < -0.39 is 0 Å². The minimum atomic E-state index is 0.380. The molecule has 0 aliphatic heterocycles. The Kier molecular flexibility index (Phi) is 5.97. The molecular weight excluding hydrogens is 234 g/mol. The summed E-state index contributed by atoms with van der Waals surface area (Å²) >= 11 is 1.91. The average molecular weight is 255 g/mol. The summed E-state index contributed by atoms with van der Waals surface area (Å²) in [4.78, 5) is 4.34. The summed E-state index contributed by atoms with van der Waals surface area (Å²) in [5.41, 5.74) is 6.34. The van der Waals surface area contributed by atoms with Gasteiger partial charge in [0.2, 0.25) is 5.88 Å². The molecule has 3 N–H and O–H groups in total. The highest BCUT2D eigenvalue weighted by molar-refractivity contribution is 7.99. The Morgan fingerprint density at radius 3 is 2.88 bits per heavy atom. The SMILES string of the molecule is CCOc1nc(NC(C)CSCC)ccc1N. The first kappa shape index (κ1) is 14.0. The summed E-state index contributed by atoms with van der Waals surface area (Å²) in [6, 6.07) is 4.08. The van der Waals surface area contributed by atoms with Gasteiger partial charge in [0, 0.05) is 11.8 Å². The smallest absolute Gasteiger partial charge is 0.239 e. The van der Waals surface area contributed by atoms with Crippen LogP contribution in [0.1, 0.15) is 20.8 Å². The Morgan fingerprint density at radius 1 is 1.47 bits per heavy atom. The molecule has 1 unspecified atom stereocenters. The van der Waals surface area contributed by atoms with Gasteiger partial charge in [0.1, 0.15) is 5.82 Å². The molecule has 1 heterocycles. The monoisotopic (exact) mass is 255 g/mol. The minimum absolute atomic E-state index is 0.380. The van der Waals surface area contributed by atoms with Crippen LogP contribution in [-0.2, 0) is 0 Å². The van der Waals surface area contributed by atoms with E-state index in [2.05, 4.69) is 24.1 Å². The lowest BCUT2D eigenvalue weighted by molar-refractivity contribution is 0.329. The highest BCUT2D eigenvalue weighted by atomic mass is 32.2. The molecule has 17 heavy (non-hydrogen) atoms. The van der Waals surface area contributed by atoms with Crippen molar-refractivity contribution in [1.82, 2.24) is 4.98 Å². The van der Waals surface area contributed by atoms with E-state index in [9.17, 15) is 0 Å². The molecular formula is C12H21N3OS. The van der Waals surface area contributed by atoms with Crippen LogP contribution >= 0.6 is 11.8 Å². The molecule has 0 spiro atoms. The second kappa shape index (κ2) is 7.27. The molecule has 0 saturated carbocycles. The molecule has 0 radical (unpaired) electrons. The summed E-state index contributed by atoms with van der Waals surface area (Å²) < 4.78 is 5.36. The number of nitrogens with one attached hydrogen (secondary N) is 1. The molecule has 0 aliphatic rings. The number of aromatic nitrogens is 1. The lowest BCUT2D eigenvalue weighted by Crippen LogP contribution is -2.19. The number of hydrogen-bond acceptors (Lipinski definition) is 5. The first-order valence-electron chi connectivity index (χ1n) is 5.91. The highest BCUT2D eigenvalue weighted by Gasteiger charge is 2.06. The maximum atomic E-state index is 5.77. The number of rotatable bonds is 7. The maximum absolute atomic E-state index is 5.77. The second-order valence-corrected chi connectivity index (χ2v) is 5.05. The van der Waals surface area contributed by atoms with Gasteiger partial charge in [0.05, 0.1) is 12.3 Å². The first-order chi connectivity index (χ1) is 8.17. The second-order valence-electron chi connectivity index (χ2n) is 3.73. The number of nitrogens with two attached hydrogens (primary N) is 1. The quantitative estimate of drug-likeness (QED) is 0.784. The molecule has 0 fully saturated rings. The first-order valence-corrected chi connectivity index (χ1v) is 7.06. The van der Waals surface area contributed by atoms with E-state index in [1.165, 1.54) is 0 Å². The van der Waals surface area contributed by atoms with Gasteiger partial charge in [0.15, 0.2) is 0 Å². The zero-order valence-corrected chi connectivity index (χ0v) is 11.5. The Morgan fingerprint density at radius 2 is 2.24 bits per heavy atom. The van der Waals surface area contributed by atoms with E-state index in [1.54, 1.807) is 0 Å². The summed E-state index contributed by atoms with van der Waals surface area (Å²) in [6.07, 6.45) is 0. The molecule has 1 aromatic heterocycles. The zero-order chi connectivity index (χ0) is 12.7. The van der Waals surface area contributed by atoms with Crippen LogP contribution in [0.4, 0.5) is 11.5 Å². The van der Waals surface area contributed by atoms with Gasteiger partial charge in [-0.25, -0.2) is 0 Å². The van der Waals surface area contributed by atoms with Crippen LogP contribution in [0, 0.1) is 0 Å². The molecule has 0 aromatic carbocycles. The molecule has 5 heteroatoms. The van der Waals surface area contributed by atoms with Crippen molar-refractivity contribution in [2.24, 2.45) is 0 Å². The van der Waals surface area contributed by atoms with Crippen molar-refractivity contribution < 1.29 is 4.74 Å². The Bertz CT molecular complexity index is 347. The number of pyridine rings is 1. The lowest BCUT2D eigenvalue weighted by atomic mass is 10.3. The van der Waals surface area contributed by atoms with Crippen molar-refractivity contribution in [3.05, 3.63) is 12.1 Å². The standard InChI is InChI=1S/C12H21N3OS/c1-4-16-12-10(13)6-7-11(15-12)14-9(3)8-17-5-2/h6-7,9H,4-5,8,13H2,1-3H3,(H,14,15). The average Bonchev–Trinajstić information content (AvgIpc) is 2.31. The van der Waals surface area contributed by atoms with Gasteiger partial charge in [0.25, 0.3) is 0 Å². The molecule has 0 bridgehead atoms. The molecule has 0 saturated heterocycles. The van der Waals surface area contributed by atoms with Gasteiger partial charge in [-0.05, 0) is 31.7 Å². The van der Waals surface area contributed by atoms with Gasteiger partial charge in [-0.3, -0.25) is 0 Å². The number of nitrogens with zero attached hydrogens (tertiary/aromatic N) is 1. The van der Waals surface area contributed by atoms with E-state index in [0.29, 0.717) is 24.2 Å². The van der Waals surface area contributed by atoms with Crippen molar-refractivity contribution >= 4 is 23.3 Å². The van der Waals surface area contributed by atoms with Crippen LogP contribution in [0.25, 0.3) is 0 Å². The van der Waals surface area contributed by atoms with Crippen molar-refractivity contribution in [2.45, 2.75) is 26.8 Å². The van der Waals surface area contributed by atoms with Crippen molar-refractivity contribution in [3.8, 4) is 5.88 Å². The van der Waals surface area contributed by atoms with Crippen molar-refractivity contribution in [1.29, 1.82) is 0 Å². The summed E-state index contributed by atoms with van der Waals surface area (Å²) in [5.74, 6) is 3.51. The van der Waals surface area contributed by atoms with Crippen LogP contribution in [0.3, 0.4) is 0 Å². The third-order valence-electron chi connectivity index (χ3n) is 2.14. The number of nitrogen functional groups attached to an aromatic ring is 1. The Labute approximate surface area is 107 Å². The fourth-order valence-electron chi connectivity index (χ4n) is 1.37. The van der Waals surface area contributed by atoms with Crippen LogP contribution in [-0.4, -0.2) is 29.1 Å². The summed E-state index contributed by atoms with van der Waals surface area (Å²) in [7, 11) is 0. The van der Waals surface area contributed by atoms with E-state index in [-0.39, 0.29) is 0 Å². The van der Waals surface area contributed by atoms with E-state index >= 15 is 0 Å². The van der Waals surface area contributed by atoms with Crippen LogP contribution in [0.2, 0.25) is 0 Å². The Hall–Kier alpha value is -1.10. The van der Waals surface area contributed by atoms with Gasteiger partial charge in [-0.2, -0.15) is 16.7 Å². The summed E-state index contributed by atoms with van der Waals surface area (Å²) in [6.45, 7) is 6.79. The largest absolute Gasteiger partial charge is 0.476 e. The topological polar surface area (TPSA) is 60.2 Å². The zero-order valence-electron chi connectivity index (χ0n) is 10.7. The highest BCUT2D eigenvalue weighted by Crippen LogP contribution is 2.21. The lowest BCUT2D eigenvalue weighted by Gasteiger charge is -2.15. The predicted octanol–water partition coefficient (Wildman–Crippen LogP) is 2.62. The number of hydrogen-bond donors (Lipinski definition) is 2. The number of thioether (sulfide) groups is 1. The predicted molar refractivity (Wildman–Crippen MR) is 75.9 cm³/mol. The normalized spacial score (nSPS) is 12.2. The van der Waals surface area contributed by atoms with Gasteiger partial charge in [-0.1, -0.05) is 6.92 Å². The van der Waals surface area contributed by atoms with E-state index in [0.717, 1.165) is 17.3 Å². The molecule has 1 atom stereocenters. The molecule has 96 valence electrons. The van der Waals surface area contributed by atoms with Gasteiger partial charge in [-0.15, -0.1) is 0 Å². The van der Waals surface area contributed by atoms with E-state index in [1.807, 2.05) is 30.8 Å². The molecule has 4 nitrogen and oxygen atoms in total. The number of ether oxygens (including phenoxy) is 1. The molecule has 1 rings (SSSR count). The van der Waals surface area contributed by atoms with Crippen LogP contribution in [0.5, 0.6) is 5.88 Å². The van der Waals surface area contributed by atoms with Crippen LogP contribution < -0.4 is 15.8 Å². The van der Waals surface area contributed by atoms with E-state index in [4.69, 9.17) is 10.5 Å². The molecule has 0 aliphatic carbocycles. The maximum Gasteiger partial charge on any atom is 0.239 e. The Balaban J connectivity index is 2.61. The van der Waals surface area contributed by atoms with Crippen LogP contribution in [0.15, 0.2) is 12.1 Å². The molecule has 0 amide bonds. The third-order valence-corrected chi connectivity index (χ3v) is 3.28. The van der Waals surface area contributed by atoms with Gasteiger partial charge < -0.3 is 15.8 Å². The fraction of sp³-hybridized carbons (Fsp3) is 0.583. The third kappa shape index (κ3) is 4.73. The van der Waals surface area contributed by atoms with Crippen molar-refractivity contribution in [2.75, 3.05) is 29.2 Å². The summed E-state index contributed by atoms with van der Waals surface area (Å²) in [5, 5.41) is 3.34. The van der Waals surface area contributed by atoms with Crippen molar-refractivity contribution in [3.63, 3.8) is 0 Å². The number of anilines is 2.